The molecule has 13 heavy (non-hydrogen) atoms. The average Bonchev–Trinajstić information content (AvgIpc) is 2.48. The molecule has 0 bridgehead atoms. The predicted molar refractivity (Wildman–Crippen MR) is 47.9 cm³/mol. The normalized spacial score (nSPS) is 22.2. The summed E-state index contributed by atoms with van der Waals surface area (Å²) >= 11 is 0. The Hall–Kier alpha value is -1.10. The van der Waals surface area contributed by atoms with Gasteiger partial charge in [0.2, 0.25) is 11.8 Å². The molecule has 1 aliphatic heterocycles. The van der Waals surface area contributed by atoms with Crippen molar-refractivity contribution in [2.45, 2.75) is 18.9 Å². The van der Waals surface area contributed by atoms with Crippen LogP contribution >= 0.6 is 0 Å². The maximum Gasteiger partial charge on any atom is 0.239 e. The second-order valence-electron chi connectivity index (χ2n) is 3.12. The average molecular weight is 185 g/mol. The van der Waals surface area contributed by atoms with Crippen molar-refractivity contribution in [3.63, 3.8) is 0 Å². The zero-order valence-corrected chi connectivity index (χ0v) is 7.75. The van der Waals surface area contributed by atoms with E-state index in [1.807, 2.05) is 0 Å². The third-order valence-electron chi connectivity index (χ3n) is 2.32. The summed E-state index contributed by atoms with van der Waals surface area (Å²) in [6, 6.07) is 0.0461. The molecule has 0 radical (unpaired) electrons. The van der Waals surface area contributed by atoms with Crippen molar-refractivity contribution in [1.29, 1.82) is 0 Å². The van der Waals surface area contributed by atoms with Crippen molar-refractivity contribution in [2.75, 3.05) is 20.1 Å². The smallest absolute Gasteiger partial charge is 0.239 e. The monoisotopic (exact) mass is 185 g/mol. The first kappa shape index (κ1) is 9.98. The van der Waals surface area contributed by atoms with Crippen molar-refractivity contribution in [1.82, 2.24) is 10.2 Å². The molecule has 5 heteroatoms. The number of carbonyl (C=O) groups is 2. The van der Waals surface area contributed by atoms with Gasteiger partial charge in [0.25, 0.3) is 0 Å². The van der Waals surface area contributed by atoms with Crippen LogP contribution in [0.5, 0.6) is 0 Å². The van der Waals surface area contributed by atoms with E-state index in [0.29, 0.717) is 13.0 Å². The Morgan fingerprint density at radius 1 is 1.77 bits per heavy atom. The van der Waals surface area contributed by atoms with Gasteiger partial charge in [0.05, 0.1) is 6.54 Å². The fourth-order valence-corrected chi connectivity index (χ4v) is 1.49. The molecule has 1 heterocycles. The Balaban J connectivity index is 2.54. The van der Waals surface area contributed by atoms with Crippen molar-refractivity contribution in [2.24, 2.45) is 5.73 Å². The Bertz CT molecular complexity index is 217. The van der Waals surface area contributed by atoms with Crippen molar-refractivity contribution in [3.05, 3.63) is 0 Å². The second-order valence-corrected chi connectivity index (χ2v) is 3.12. The van der Waals surface area contributed by atoms with E-state index >= 15 is 0 Å². The fraction of sp³-hybridized carbons (Fsp3) is 0.750. The minimum absolute atomic E-state index is 0.0269. The van der Waals surface area contributed by atoms with Gasteiger partial charge < -0.3 is 16.0 Å². The van der Waals surface area contributed by atoms with Crippen LogP contribution in [0.3, 0.4) is 0 Å². The minimum Gasteiger partial charge on any atom is -0.358 e. The highest BCUT2D eigenvalue weighted by Crippen LogP contribution is 2.16. The topological polar surface area (TPSA) is 75.4 Å². The summed E-state index contributed by atoms with van der Waals surface area (Å²) in [7, 11) is 1.56. The molecule has 1 saturated heterocycles. The molecule has 0 saturated carbocycles. The number of hydrogen-bond acceptors (Lipinski definition) is 3. The molecule has 0 aliphatic carbocycles. The largest absolute Gasteiger partial charge is 0.358 e. The second kappa shape index (κ2) is 4.23. The van der Waals surface area contributed by atoms with Crippen LogP contribution < -0.4 is 11.1 Å². The first-order valence-corrected chi connectivity index (χ1v) is 4.39. The highest BCUT2D eigenvalue weighted by Gasteiger charge is 2.30. The van der Waals surface area contributed by atoms with Gasteiger partial charge in [-0.2, -0.15) is 0 Å². The summed E-state index contributed by atoms with van der Waals surface area (Å²) in [5.41, 5.74) is 5.48. The van der Waals surface area contributed by atoms with Gasteiger partial charge in [0.15, 0.2) is 0 Å². The van der Waals surface area contributed by atoms with Crippen LogP contribution in [0.1, 0.15) is 12.8 Å². The number of likely N-dealkylation sites (N-methyl/N-ethyl adjacent to an activating group) is 1. The van der Waals surface area contributed by atoms with Gasteiger partial charge in [-0.25, -0.2) is 0 Å². The molecule has 0 aromatic carbocycles. The Morgan fingerprint density at radius 3 is 3.00 bits per heavy atom. The molecule has 1 unspecified atom stereocenters. The van der Waals surface area contributed by atoms with Gasteiger partial charge in [-0.15, -0.1) is 0 Å². The van der Waals surface area contributed by atoms with E-state index in [-0.39, 0.29) is 24.4 Å². The molecule has 1 atom stereocenters. The summed E-state index contributed by atoms with van der Waals surface area (Å²) < 4.78 is 0. The van der Waals surface area contributed by atoms with E-state index in [2.05, 4.69) is 5.32 Å². The maximum atomic E-state index is 11.3. The van der Waals surface area contributed by atoms with Crippen LogP contribution in [0.15, 0.2) is 0 Å². The van der Waals surface area contributed by atoms with Gasteiger partial charge in [0, 0.05) is 26.1 Å². The lowest BCUT2D eigenvalue weighted by atomic mass is 10.2. The molecular formula is C8H15N3O2. The zero-order chi connectivity index (χ0) is 9.84. The number of carbonyl (C=O) groups excluding carboxylic acids is 2. The van der Waals surface area contributed by atoms with E-state index < -0.39 is 0 Å². The fourth-order valence-electron chi connectivity index (χ4n) is 1.49. The molecule has 1 rings (SSSR count). The third kappa shape index (κ3) is 2.18. The van der Waals surface area contributed by atoms with Crippen molar-refractivity contribution in [3.8, 4) is 0 Å². The number of likely N-dealkylation sites (tertiary alicyclic amines) is 1. The Kier molecular flexibility index (Phi) is 3.25. The number of nitrogens with zero attached hydrogens (tertiary/aromatic N) is 1. The van der Waals surface area contributed by atoms with Gasteiger partial charge in [-0.05, 0) is 6.42 Å². The summed E-state index contributed by atoms with van der Waals surface area (Å²) in [6.07, 6.45) is 1.28. The van der Waals surface area contributed by atoms with Crippen LogP contribution in [0.4, 0.5) is 0 Å². The van der Waals surface area contributed by atoms with Crippen molar-refractivity contribution < 1.29 is 9.59 Å². The summed E-state index contributed by atoms with van der Waals surface area (Å²) in [6.45, 7) is 0.569. The van der Waals surface area contributed by atoms with E-state index in [0.717, 1.165) is 6.42 Å². The quantitative estimate of drug-likeness (QED) is 0.572. The van der Waals surface area contributed by atoms with Gasteiger partial charge in [-0.3, -0.25) is 9.59 Å². The van der Waals surface area contributed by atoms with Crippen LogP contribution in [0.2, 0.25) is 0 Å². The standard InChI is InChI=1S/C8H15N3O2/c1-10-7(12)5-11-6(4-9)2-3-8(11)13/h6H,2-5,9H2,1H3,(H,10,12). The van der Waals surface area contributed by atoms with Crippen LogP contribution in [0.25, 0.3) is 0 Å². The number of nitrogens with two attached hydrogens (primary N) is 1. The zero-order valence-electron chi connectivity index (χ0n) is 7.75. The van der Waals surface area contributed by atoms with Gasteiger partial charge in [0.1, 0.15) is 0 Å². The number of rotatable bonds is 3. The molecule has 0 aromatic heterocycles. The lowest BCUT2D eigenvalue weighted by Gasteiger charge is -2.22. The molecule has 0 spiro atoms. The molecule has 5 nitrogen and oxygen atoms in total. The molecular weight excluding hydrogens is 170 g/mol. The van der Waals surface area contributed by atoms with Gasteiger partial charge in [-0.1, -0.05) is 0 Å². The molecule has 2 amide bonds. The first-order valence-electron chi connectivity index (χ1n) is 4.39. The van der Waals surface area contributed by atoms with E-state index in [1.54, 1.807) is 11.9 Å². The summed E-state index contributed by atoms with van der Waals surface area (Å²) in [5.74, 6) is -0.118. The summed E-state index contributed by atoms with van der Waals surface area (Å²) in [5, 5.41) is 2.48. The van der Waals surface area contributed by atoms with Crippen molar-refractivity contribution >= 4 is 11.8 Å². The number of nitrogens with one attached hydrogen (secondary N) is 1. The SMILES string of the molecule is CNC(=O)CN1C(=O)CCC1CN. The van der Waals surface area contributed by atoms with E-state index in [1.165, 1.54) is 0 Å². The van der Waals surface area contributed by atoms with E-state index in [4.69, 9.17) is 5.73 Å². The van der Waals surface area contributed by atoms with Crippen LogP contribution in [-0.4, -0.2) is 42.9 Å². The molecule has 74 valence electrons. The maximum absolute atomic E-state index is 11.3. The Morgan fingerprint density at radius 2 is 2.46 bits per heavy atom. The molecule has 3 N–H and O–H groups in total. The minimum atomic E-state index is -0.145. The third-order valence-corrected chi connectivity index (χ3v) is 2.32. The van der Waals surface area contributed by atoms with Crippen LogP contribution in [0, 0.1) is 0 Å². The molecule has 0 aromatic rings. The molecule has 1 fully saturated rings. The summed E-state index contributed by atoms with van der Waals surface area (Å²) in [4.78, 5) is 23.9. The number of hydrogen-bond donors (Lipinski definition) is 2. The molecule has 1 aliphatic rings. The van der Waals surface area contributed by atoms with E-state index in [9.17, 15) is 9.59 Å². The highest BCUT2D eigenvalue weighted by atomic mass is 16.2. The Labute approximate surface area is 77.3 Å². The number of amides is 2. The highest BCUT2D eigenvalue weighted by molar-refractivity contribution is 5.86. The van der Waals surface area contributed by atoms with Gasteiger partial charge >= 0.3 is 0 Å². The first-order chi connectivity index (χ1) is 6.19. The lowest BCUT2D eigenvalue weighted by Crippen LogP contribution is -2.43. The van der Waals surface area contributed by atoms with Crippen LogP contribution in [-0.2, 0) is 9.59 Å². The lowest BCUT2D eigenvalue weighted by molar-refractivity contribution is -0.134. The predicted octanol–water partition coefficient (Wildman–Crippen LogP) is -1.32.